The molecule has 1 aromatic carbocycles. The van der Waals surface area contributed by atoms with E-state index in [-0.39, 0.29) is 0 Å². The number of rotatable bonds is 2. The van der Waals surface area contributed by atoms with Gasteiger partial charge in [-0.15, -0.1) is 0 Å². The molecule has 1 aromatic rings. The van der Waals surface area contributed by atoms with E-state index < -0.39 is 0 Å². The summed E-state index contributed by atoms with van der Waals surface area (Å²) in [6.07, 6.45) is 2.22. The molecule has 1 atom stereocenters. The Balaban J connectivity index is 2.39. The van der Waals surface area contributed by atoms with Gasteiger partial charge in [0.25, 0.3) is 0 Å². The Hall–Kier alpha value is -1.24. The molecule has 0 radical (unpaired) electrons. The van der Waals surface area contributed by atoms with Crippen LogP contribution in [0.25, 0.3) is 0 Å². The monoisotopic (exact) mass is 235 g/mol. The van der Waals surface area contributed by atoms with Crippen molar-refractivity contribution in [3.8, 4) is 6.07 Å². The number of anilines is 1. The van der Waals surface area contributed by atoms with Gasteiger partial charge in [-0.25, -0.2) is 0 Å². The van der Waals surface area contributed by atoms with Crippen LogP contribution in [0.3, 0.4) is 0 Å². The van der Waals surface area contributed by atoms with Crippen molar-refractivity contribution in [3.63, 3.8) is 0 Å². The van der Waals surface area contributed by atoms with E-state index in [1.54, 1.807) is 12.1 Å². The van der Waals surface area contributed by atoms with Gasteiger partial charge in [0.2, 0.25) is 0 Å². The molecule has 2 N–H and O–H groups in total. The zero-order valence-electron chi connectivity index (χ0n) is 8.99. The fourth-order valence-electron chi connectivity index (χ4n) is 2.23. The van der Waals surface area contributed by atoms with Crippen molar-refractivity contribution in [1.82, 2.24) is 0 Å². The second-order valence-corrected chi connectivity index (χ2v) is 4.43. The van der Waals surface area contributed by atoms with Crippen molar-refractivity contribution in [1.29, 1.82) is 5.26 Å². The van der Waals surface area contributed by atoms with E-state index in [0.29, 0.717) is 23.2 Å². The van der Waals surface area contributed by atoms with Gasteiger partial charge in [0.15, 0.2) is 0 Å². The molecule has 3 nitrogen and oxygen atoms in total. The van der Waals surface area contributed by atoms with Gasteiger partial charge in [0, 0.05) is 24.2 Å². The summed E-state index contributed by atoms with van der Waals surface area (Å²) < 4.78 is 0. The lowest BCUT2D eigenvalue weighted by molar-refractivity contribution is 0.677. The predicted octanol–water partition coefficient (Wildman–Crippen LogP) is 2.14. The van der Waals surface area contributed by atoms with Crippen molar-refractivity contribution < 1.29 is 0 Å². The summed E-state index contributed by atoms with van der Waals surface area (Å²) >= 11 is 5.98. The maximum atomic E-state index is 9.08. The number of hydrogen-bond acceptors (Lipinski definition) is 3. The first-order valence-corrected chi connectivity index (χ1v) is 5.80. The Kier molecular flexibility index (Phi) is 3.33. The van der Waals surface area contributed by atoms with E-state index in [0.717, 1.165) is 25.1 Å². The Morgan fingerprint density at radius 2 is 2.38 bits per heavy atom. The molecular formula is C12H14ClN3. The van der Waals surface area contributed by atoms with Crippen LogP contribution in [0.1, 0.15) is 18.4 Å². The molecule has 2 rings (SSSR count). The molecule has 1 fully saturated rings. The molecule has 1 aliphatic heterocycles. The summed E-state index contributed by atoms with van der Waals surface area (Å²) in [6, 6.07) is 7.91. The first-order chi connectivity index (χ1) is 7.76. The van der Waals surface area contributed by atoms with E-state index in [1.165, 1.54) is 0 Å². The standard InChI is InChI=1S/C12H14ClN3/c13-10-4-3-9(7-14)12(6-10)16-5-1-2-11(16)8-15/h3-4,6,11H,1-2,5,8,15H2. The number of halogens is 1. The van der Waals surface area contributed by atoms with Gasteiger partial charge in [0.1, 0.15) is 6.07 Å². The van der Waals surface area contributed by atoms with Gasteiger partial charge in [-0.1, -0.05) is 11.6 Å². The smallest absolute Gasteiger partial charge is 0.101 e. The second-order valence-electron chi connectivity index (χ2n) is 4.00. The number of nitriles is 1. The molecule has 0 amide bonds. The lowest BCUT2D eigenvalue weighted by Gasteiger charge is -2.26. The zero-order chi connectivity index (χ0) is 11.5. The van der Waals surface area contributed by atoms with Gasteiger partial charge < -0.3 is 10.6 Å². The molecule has 0 spiro atoms. The molecule has 16 heavy (non-hydrogen) atoms. The third-order valence-electron chi connectivity index (χ3n) is 3.04. The maximum Gasteiger partial charge on any atom is 0.101 e. The molecule has 1 aliphatic rings. The normalized spacial score (nSPS) is 19.8. The number of nitrogens with two attached hydrogens (primary N) is 1. The van der Waals surface area contributed by atoms with E-state index in [2.05, 4.69) is 11.0 Å². The molecule has 0 saturated carbocycles. The average molecular weight is 236 g/mol. The van der Waals surface area contributed by atoms with E-state index in [9.17, 15) is 0 Å². The highest BCUT2D eigenvalue weighted by Crippen LogP contribution is 2.30. The van der Waals surface area contributed by atoms with Crippen LogP contribution in [-0.4, -0.2) is 19.1 Å². The number of hydrogen-bond donors (Lipinski definition) is 1. The highest BCUT2D eigenvalue weighted by atomic mass is 35.5. The lowest BCUT2D eigenvalue weighted by atomic mass is 10.1. The third-order valence-corrected chi connectivity index (χ3v) is 3.27. The Labute approximate surface area is 100 Å². The molecule has 0 bridgehead atoms. The lowest BCUT2D eigenvalue weighted by Crippen LogP contribution is -2.35. The van der Waals surface area contributed by atoms with Crippen LogP contribution in [0.4, 0.5) is 5.69 Å². The topological polar surface area (TPSA) is 53.0 Å². The predicted molar refractivity (Wildman–Crippen MR) is 65.6 cm³/mol. The summed E-state index contributed by atoms with van der Waals surface area (Å²) in [5.41, 5.74) is 7.32. The molecule has 0 aliphatic carbocycles. The summed E-state index contributed by atoms with van der Waals surface area (Å²) in [6.45, 7) is 1.58. The van der Waals surface area contributed by atoms with Gasteiger partial charge >= 0.3 is 0 Å². The fraction of sp³-hybridized carbons (Fsp3) is 0.417. The van der Waals surface area contributed by atoms with Gasteiger partial charge in [-0.05, 0) is 31.0 Å². The molecule has 1 heterocycles. The summed E-state index contributed by atoms with van der Waals surface area (Å²) in [5, 5.41) is 9.74. The molecular weight excluding hydrogens is 222 g/mol. The van der Waals surface area contributed by atoms with E-state index >= 15 is 0 Å². The van der Waals surface area contributed by atoms with Crippen LogP contribution in [0.5, 0.6) is 0 Å². The fourth-order valence-corrected chi connectivity index (χ4v) is 2.40. The highest BCUT2D eigenvalue weighted by molar-refractivity contribution is 6.30. The van der Waals surface area contributed by atoms with Crippen LogP contribution >= 0.6 is 11.6 Å². The first-order valence-electron chi connectivity index (χ1n) is 5.42. The quantitative estimate of drug-likeness (QED) is 0.855. The minimum Gasteiger partial charge on any atom is -0.366 e. The first kappa shape index (κ1) is 11.3. The summed E-state index contributed by atoms with van der Waals surface area (Å²) in [7, 11) is 0. The van der Waals surface area contributed by atoms with E-state index in [4.69, 9.17) is 22.6 Å². The van der Waals surface area contributed by atoms with Gasteiger partial charge in [0.05, 0.1) is 11.3 Å². The number of nitrogens with zero attached hydrogens (tertiary/aromatic N) is 2. The zero-order valence-corrected chi connectivity index (χ0v) is 9.74. The van der Waals surface area contributed by atoms with Gasteiger partial charge in [-0.2, -0.15) is 5.26 Å². The minimum atomic E-state index is 0.338. The Bertz CT molecular complexity index is 425. The molecule has 4 heteroatoms. The molecule has 1 saturated heterocycles. The second kappa shape index (κ2) is 4.73. The Morgan fingerprint density at radius 1 is 1.56 bits per heavy atom. The van der Waals surface area contributed by atoms with Crippen LogP contribution in [0, 0.1) is 11.3 Å². The summed E-state index contributed by atoms with van der Waals surface area (Å²) in [5.74, 6) is 0. The highest BCUT2D eigenvalue weighted by Gasteiger charge is 2.25. The molecule has 0 aromatic heterocycles. The van der Waals surface area contributed by atoms with Crippen molar-refractivity contribution >= 4 is 17.3 Å². The van der Waals surface area contributed by atoms with Crippen LogP contribution in [0.15, 0.2) is 18.2 Å². The SMILES string of the molecule is N#Cc1ccc(Cl)cc1N1CCCC1CN. The maximum absolute atomic E-state index is 9.08. The van der Waals surface area contributed by atoms with Gasteiger partial charge in [-0.3, -0.25) is 0 Å². The van der Waals surface area contributed by atoms with Crippen molar-refractivity contribution in [2.45, 2.75) is 18.9 Å². The molecule has 84 valence electrons. The van der Waals surface area contributed by atoms with Crippen LogP contribution in [-0.2, 0) is 0 Å². The Morgan fingerprint density at radius 3 is 3.06 bits per heavy atom. The van der Waals surface area contributed by atoms with Crippen molar-refractivity contribution in [2.24, 2.45) is 5.73 Å². The largest absolute Gasteiger partial charge is 0.366 e. The van der Waals surface area contributed by atoms with Crippen LogP contribution < -0.4 is 10.6 Å². The number of benzene rings is 1. The minimum absolute atomic E-state index is 0.338. The molecule has 1 unspecified atom stereocenters. The van der Waals surface area contributed by atoms with E-state index in [1.807, 2.05) is 6.07 Å². The van der Waals surface area contributed by atoms with Crippen molar-refractivity contribution in [2.75, 3.05) is 18.0 Å². The third kappa shape index (κ3) is 1.99. The van der Waals surface area contributed by atoms with Crippen LogP contribution in [0.2, 0.25) is 5.02 Å². The van der Waals surface area contributed by atoms with Crippen molar-refractivity contribution in [3.05, 3.63) is 28.8 Å². The average Bonchev–Trinajstić information content (AvgIpc) is 2.76. The summed E-state index contributed by atoms with van der Waals surface area (Å²) in [4.78, 5) is 2.20.